The Balaban J connectivity index is 2.22. The van der Waals surface area contributed by atoms with Crippen LogP contribution in [0, 0.1) is 5.92 Å². The number of nitrogens with one attached hydrogen (secondary N) is 2. The average molecular weight is 405 g/mol. The Kier molecular flexibility index (Phi) is 8.45. The maximum absolute atomic E-state index is 12.8. The van der Waals surface area contributed by atoms with E-state index in [-0.39, 0.29) is 5.92 Å². The molecule has 160 valence electrons. The minimum Gasteiger partial charge on any atom is -0.494 e. The van der Waals surface area contributed by atoms with Gasteiger partial charge in [0.1, 0.15) is 17.8 Å². The van der Waals surface area contributed by atoms with Crippen LogP contribution >= 0.6 is 0 Å². The Labute approximate surface area is 171 Å². The van der Waals surface area contributed by atoms with Crippen LogP contribution in [0.5, 0.6) is 5.75 Å². The number of hydrogen-bond acceptors (Lipinski definition) is 6. The molecule has 0 radical (unpaired) electrons. The van der Waals surface area contributed by atoms with E-state index in [2.05, 4.69) is 10.6 Å². The Hall–Kier alpha value is -2.61. The summed E-state index contributed by atoms with van der Waals surface area (Å²) < 4.78 is 10.5. The molecular weight excluding hydrogens is 374 g/mol. The number of hydrogen-bond donors (Lipinski definition) is 3. The van der Waals surface area contributed by atoms with Crippen LogP contribution in [0.3, 0.4) is 0 Å². The molecule has 0 spiro atoms. The molecule has 2 aliphatic rings. The van der Waals surface area contributed by atoms with E-state index < -0.39 is 35.9 Å². The van der Waals surface area contributed by atoms with Crippen molar-refractivity contribution in [3.05, 3.63) is 29.8 Å². The molecule has 0 saturated heterocycles. The lowest BCUT2D eigenvalue weighted by atomic mass is 10.0. The first-order valence-corrected chi connectivity index (χ1v) is 9.97. The fraction of sp³-hybridized carbons (Fsp3) is 0.571. The monoisotopic (exact) mass is 405 g/mol. The molecule has 3 rings (SSSR count). The van der Waals surface area contributed by atoms with Crippen molar-refractivity contribution in [2.45, 2.75) is 57.7 Å². The number of amides is 2. The van der Waals surface area contributed by atoms with Gasteiger partial charge in [-0.2, -0.15) is 0 Å². The van der Waals surface area contributed by atoms with Crippen molar-refractivity contribution in [1.82, 2.24) is 10.6 Å². The molecule has 1 aromatic rings. The first kappa shape index (κ1) is 22.7. The van der Waals surface area contributed by atoms with E-state index in [0.29, 0.717) is 25.9 Å². The lowest BCUT2D eigenvalue weighted by Gasteiger charge is -2.25. The predicted octanol–water partition coefficient (Wildman–Crippen LogP) is 0.918. The zero-order valence-electron chi connectivity index (χ0n) is 17.3. The molecule has 0 aliphatic carbocycles. The van der Waals surface area contributed by atoms with Gasteiger partial charge in [-0.05, 0) is 49.3 Å². The van der Waals surface area contributed by atoms with E-state index in [9.17, 15) is 14.4 Å². The van der Waals surface area contributed by atoms with Crippen LogP contribution in [0.25, 0.3) is 0 Å². The van der Waals surface area contributed by atoms with Crippen molar-refractivity contribution in [2.24, 2.45) is 11.7 Å². The van der Waals surface area contributed by atoms with Gasteiger partial charge in [0.2, 0.25) is 11.8 Å². The number of carbonyl (C=O) groups is 3. The highest BCUT2D eigenvalue weighted by Gasteiger charge is 2.30. The summed E-state index contributed by atoms with van der Waals surface area (Å²) in [5.41, 5.74) is 6.96. The summed E-state index contributed by atoms with van der Waals surface area (Å²) in [5.74, 6) is -0.815. The van der Waals surface area contributed by atoms with Gasteiger partial charge in [-0.1, -0.05) is 26.0 Å². The number of carbonyl (C=O) groups excluding carboxylic acids is 3. The number of fused-ring (bicyclic) bond motifs is 14. The van der Waals surface area contributed by atoms with Crippen molar-refractivity contribution in [2.75, 3.05) is 13.7 Å². The molecule has 2 bridgehead atoms. The Morgan fingerprint density at radius 1 is 1.14 bits per heavy atom. The minimum absolute atomic E-state index is 0.181. The second-order valence-corrected chi connectivity index (χ2v) is 7.61. The van der Waals surface area contributed by atoms with Crippen molar-refractivity contribution in [3.63, 3.8) is 0 Å². The molecule has 2 heterocycles. The smallest absolute Gasteiger partial charge is 0.328 e. The van der Waals surface area contributed by atoms with Crippen LogP contribution in [0.2, 0.25) is 0 Å². The van der Waals surface area contributed by atoms with Gasteiger partial charge in [0, 0.05) is 0 Å². The lowest BCUT2D eigenvalue weighted by molar-refractivity contribution is -0.145. The molecule has 2 aliphatic heterocycles. The van der Waals surface area contributed by atoms with Crippen LogP contribution in [-0.4, -0.2) is 49.6 Å². The van der Waals surface area contributed by atoms with Gasteiger partial charge in [-0.15, -0.1) is 0 Å². The quantitative estimate of drug-likeness (QED) is 0.630. The molecule has 2 amide bonds. The van der Waals surface area contributed by atoms with Gasteiger partial charge in [0.05, 0.1) is 19.8 Å². The molecule has 0 aromatic heterocycles. The summed E-state index contributed by atoms with van der Waals surface area (Å²) in [4.78, 5) is 37.4. The molecule has 0 saturated carbocycles. The highest BCUT2D eigenvalue weighted by molar-refractivity contribution is 5.92. The fourth-order valence-electron chi connectivity index (χ4n) is 3.16. The number of benzene rings is 1. The van der Waals surface area contributed by atoms with Crippen LogP contribution in [0.15, 0.2) is 24.3 Å². The molecule has 1 aromatic carbocycles. The summed E-state index contributed by atoms with van der Waals surface area (Å²) in [7, 11) is 1.28. The topological polar surface area (TPSA) is 120 Å². The third-order valence-electron chi connectivity index (χ3n) is 4.92. The fourth-order valence-corrected chi connectivity index (χ4v) is 3.16. The molecule has 29 heavy (non-hydrogen) atoms. The number of rotatable bonds is 2. The molecule has 3 atom stereocenters. The van der Waals surface area contributed by atoms with Crippen LogP contribution < -0.4 is 21.1 Å². The first-order valence-electron chi connectivity index (χ1n) is 9.97. The maximum Gasteiger partial charge on any atom is 0.328 e. The highest BCUT2D eigenvalue weighted by atomic mass is 16.5. The van der Waals surface area contributed by atoms with E-state index >= 15 is 0 Å². The van der Waals surface area contributed by atoms with E-state index in [0.717, 1.165) is 17.7 Å². The van der Waals surface area contributed by atoms with Crippen molar-refractivity contribution in [1.29, 1.82) is 0 Å². The Morgan fingerprint density at radius 3 is 2.45 bits per heavy atom. The van der Waals surface area contributed by atoms with Crippen molar-refractivity contribution < 1.29 is 23.9 Å². The summed E-state index contributed by atoms with van der Waals surface area (Å²) in [6.07, 6.45) is 2.14. The summed E-state index contributed by atoms with van der Waals surface area (Å²) >= 11 is 0. The zero-order chi connectivity index (χ0) is 21.4. The molecule has 8 nitrogen and oxygen atoms in total. The Bertz CT molecular complexity index is 705. The van der Waals surface area contributed by atoms with Gasteiger partial charge in [-0.25, -0.2) is 4.79 Å². The molecular formula is C21H31N3O5. The van der Waals surface area contributed by atoms with E-state index in [4.69, 9.17) is 15.2 Å². The van der Waals surface area contributed by atoms with E-state index in [1.54, 1.807) is 0 Å². The summed E-state index contributed by atoms with van der Waals surface area (Å²) in [5, 5.41) is 5.44. The average Bonchev–Trinajstić information content (AvgIpc) is 2.70. The third kappa shape index (κ3) is 6.74. The van der Waals surface area contributed by atoms with Gasteiger partial charge in [-0.3, -0.25) is 9.59 Å². The molecule has 0 fully saturated rings. The van der Waals surface area contributed by atoms with Gasteiger partial charge < -0.3 is 25.8 Å². The predicted molar refractivity (Wildman–Crippen MR) is 108 cm³/mol. The number of ether oxygens (including phenoxy) is 2. The first-order chi connectivity index (χ1) is 13.8. The normalized spacial score (nSPS) is 24.2. The number of methoxy groups -OCH3 is 1. The van der Waals surface area contributed by atoms with Gasteiger partial charge in [0.25, 0.3) is 0 Å². The van der Waals surface area contributed by atoms with Crippen LogP contribution in [0.1, 0.15) is 38.7 Å². The van der Waals surface area contributed by atoms with Crippen molar-refractivity contribution in [3.8, 4) is 5.75 Å². The molecule has 0 unspecified atom stereocenters. The largest absolute Gasteiger partial charge is 0.494 e. The van der Waals surface area contributed by atoms with Crippen molar-refractivity contribution >= 4 is 17.8 Å². The maximum atomic E-state index is 12.8. The van der Waals surface area contributed by atoms with Crippen LogP contribution in [-0.2, 0) is 25.5 Å². The summed E-state index contributed by atoms with van der Waals surface area (Å²) in [6, 6.07) is 5.05. The standard InChI is InChI=1S/C21H31N3O5/c1-13(2)18-20(26)23-17(21(27)28-3)6-4-5-11-29-15-9-7-14(8-10-15)12-16(22)19(25)24-18/h7-10,13,16-18H,4-6,11-12,22H2,1-3H3,(H,23,26)(H,24,25)/t16-,17-,18-/m0/s1. The second kappa shape index (κ2) is 10.8. The third-order valence-corrected chi connectivity index (χ3v) is 4.92. The highest BCUT2D eigenvalue weighted by Crippen LogP contribution is 2.15. The van der Waals surface area contributed by atoms with Gasteiger partial charge >= 0.3 is 5.97 Å². The summed E-state index contributed by atoms with van der Waals surface area (Å²) in [6.45, 7) is 4.14. The zero-order valence-corrected chi connectivity index (χ0v) is 17.3. The lowest BCUT2D eigenvalue weighted by Crippen LogP contribution is -2.56. The molecule has 8 heteroatoms. The molecule has 4 N–H and O–H groups in total. The van der Waals surface area contributed by atoms with E-state index in [1.165, 1.54) is 7.11 Å². The minimum atomic E-state index is -0.804. The Morgan fingerprint density at radius 2 is 1.83 bits per heavy atom. The second-order valence-electron chi connectivity index (χ2n) is 7.61. The van der Waals surface area contributed by atoms with E-state index in [1.807, 2.05) is 38.1 Å². The SMILES string of the molecule is COC(=O)[C@@H]1CCCCOc2ccc(cc2)C[C@H](N)C(=O)N[C@@H](C(C)C)C(=O)N1. The van der Waals surface area contributed by atoms with Crippen LogP contribution in [0.4, 0.5) is 0 Å². The number of nitrogens with two attached hydrogens (primary N) is 1. The van der Waals surface area contributed by atoms with Gasteiger partial charge in [0.15, 0.2) is 0 Å². The number of esters is 1.